The van der Waals surface area contributed by atoms with E-state index in [2.05, 4.69) is 114 Å². The minimum absolute atomic E-state index is 0.0790. The standard InChI is InChI=1S/C38H28N4/c39-25-26-15-17-28(18-16-26)34-24-23-27-9-7-8-14-33(27)35(34)29-19-21-32(22-20-29)38-41-36(30-10-3-1-4-11-30)40-37(42-38)31-12-5-2-6-13-31/h1-24,36,38,41H,(H,40,42). The first-order valence-corrected chi connectivity index (χ1v) is 14.1. The molecule has 0 saturated heterocycles. The molecular weight excluding hydrogens is 512 g/mol. The summed E-state index contributed by atoms with van der Waals surface area (Å²) in [6, 6.07) is 52.3. The first-order chi connectivity index (χ1) is 20.8. The summed E-state index contributed by atoms with van der Waals surface area (Å²) in [7, 11) is 0. The van der Waals surface area contributed by atoms with Crippen molar-refractivity contribution in [2.45, 2.75) is 12.3 Å². The summed E-state index contributed by atoms with van der Waals surface area (Å²) in [6.07, 6.45) is -0.295. The number of hydrogen-bond donors (Lipinski definition) is 2. The van der Waals surface area contributed by atoms with Gasteiger partial charge in [0.15, 0.2) is 0 Å². The molecule has 0 fully saturated rings. The maximum Gasteiger partial charge on any atom is 0.131 e. The van der Waals surface area contributed by atoms with Crippen LogP contribution in [0.2, 0.25) is 0 Å². The van der Waals surface area contributed by atoms with Crippen LogP contribution >= 0.6 is 0 Å². The van der Waals surface area contributed by atoms with Crippen molar-refractivity contribution in [2.24, 2.45) is 4.99 Å². The van der Waals surface area contributed by atoms with Crippen molar-refractivity contribution in [1.82, 2.24) is 10.6 Å². The average Bonchev–Trinajstić information content (AvgIpc) is 3.08. The monoisotopic (exact) mass is 540 g/mol. The van der Waals surface area contributed by atoms with Gasteiger partial charge < -0.3 is 5.32 Å². The number of nitrogens with one attached hydrogen (secondary N) is 2. The third-order valence-electron chi connectivity index (χ3n) is 7.81. The number of fused-ring (bicyclic) bond motifs is 1. The second-order valence-electron chi connectivity index (χ2n) is 10.4. The third kappa shape index (κ3) is 4.94. The van der Waals surface area contributed by atoms with Crippen LogP contribution < -0.4 is 10.6 Å². The lowest BCUT2D eigenvalue weighted by atomic mass is 9.89. The van der Waals surface area contributed by atoms with E-state index in [9.17, 15) is 5.26 Å². The summed E-state index contributed by atoms with van der Waals surface area (Å²) >= 11 is 0. The molecular formula is C38H28N4. The Labute approximate surface area is 245 Å². The van der Waals surface area contributed by atoms with Gasteiger partial charge in [0.2, 0.25) is 0 Å². The largest absolute Gasteiger partial charge is 0.350 e. The van der Waals surface area contributed by atoms with Gasteiger partial charge in [-0.3, -0.25) is 5.32 Å². The van der Waals surface area contributed by atoms with E-state index in [1.807, 2.05) is 48.5 Å². The first-order valence-electron chi connectivity index (χ1n) is 14.1. The molecule has 2 N–H and O–H groups in total. The smallest absolute Gasteiger partial charge is 0.131 e. The van der Waals surface area contributed by atoms with Crippen molar-refractivity contribution in [3.63, 3.8) is 0 Å². The van der Waals surface area contributed by atoms with Crippen molar-refractivity contribution in [2.75, 3.05) is 0 Å². The maximum absolute atomic E-state index is 9.30. The minimum atomic E-state index is -0.216. The molecule has 4 heteroatoms. The Bertz CT molecular complexity index is 1920. The average molecular weight is 541 g/mol. The third-order valence-corrected chi connectivity index (χ3v) is 7.81. The second kappa shape index (κ2) is 11.2. The van der Waals surface area contributed by atoms with Crippen LogP contribution in [-0.2, 0) is 0 Å². The zero-order valence-electron chi connectivity index (χ0n) is 22.9. The van der Waals surface area contributed by atoms with E-state index in [-0.39, 0.29) is 12.3 Å². The molecule has 200 valence electrons. The van der Waals surface area contributed by atoms with Crippen LogP contribution in [0.15, 0.2) is 151 Å². The van der Waals surface area contributed by atoms with Gasteiger partial charge in [-0.15, -0.1) is 0 Å². The van der Waals surface area contributed by atoms with Gasteiger partial charge in [-0.25, -0.2) is 4.99 Å². The Morgan fingerprint density at radius 3 is 1.98 bits per heavy atom. The van der Waals surface area contributed by atoms with E-state index in [4.69, 9.17) is 4.99 Å². The molecule has 2 unspecified atom stereocenters. The molecule has 0 spiro atoms. The molecule has 0 saturated carbocycles. The Morgan fingerprint density at radius 2 is 1.24 bits per heavy atom. The molecule has 1 aliphatic rings. The summed E-state index contributed by atoms with van der Waals surface area (Å²) in [5, 5.41) is 19.0. The van der Waals surface area contributed by atoms with Crippen LogP contribution in [0, 0.1) is 11.3 Å². The summed E-state index contributed by atoms with van der Waals surface area (Å²) < 4.78 is 0. The molecule has 42 heavy (non-hydrogen) atoms. The van der Waals surface area contributed by atoms with Crippen molar-refractivity contribution >= 4 is 16.6 Å². The van der Waals surface area contributed by atoms with Gasteiger partial charge in [0, 0.05) is 5.56 Å². The van der Waals surface area contributed by atoms with Gasteiger partial charge in [-0.2, -0.15) is 5.26 Å². The molecule has 0 bridgehead atoms. The molecule has 0 aromatic heterocycles. The van der Waals surface area contributed by atoms with E-state index < -0.39 is 0 Å². The summed E-state index contributed by atoms with van der Waals surface area (Å²) in [5.74, 6) is 0.870. The number of nitriles is 1. The van der Waals surface area contributed by atoms with Crippen LogP contribution in [0.25, 0.3) is 33.0 Å². The van der Waals surface area contributed by atoms with E-state index >= 15 is 0 Å². The van der Waals surface area contributed by atoms with E-state index in [0.717, 1.165) is 39.2 Å². The molecule has 4 nitrogen and oxygen atoms in total. The SMILES string of the molecule is N#Cc1ccc(-c2ccc3ccccc3c2-c2ccc(C3N=C(c4ccccc4)NC(c4ccccc4)N3)cc2)cc1. The zero-order chi connectivity index (χ0) is 28.3. The summed E-state index contributed by atoms with van der Waals surface area (Å²) in [5.41, 5.74) is 8.50. The van der Waals surface area contributed by atoms with Crippen LogP contribution in [0.3, 0.4) is 0 Å². The number of aliphatic imine (C=N–C) groups is 1. The lowest BCUT2D eigenvalue weighted by Gasteiger charge is -2.32. The predicted molar refractivity (Wildman–Crippen MR) is 171 cm³/mol. The maximum atomic E-state index is 9.30. The van der Waals surface area contributed by atoms with Crippen molar-refractivity contribution in [1.29, 1.82) is 5.26 Å². The fourth-order valence-electron chi connectivity index (χ4n) is 5.67. The fraction of sp³-hybridized carbons (Fsp3) is 0.0526. The zero-order valence-corrected chi connectivity index (χ0v) is 22.9. The van der Waals surface area contributed by atoms with Gasteiger partial charge >= 0.3 is 0 Å². The molecule has 0 amide bonds. The first kappa shape index (κ1) is 25.5. The summed E-state index contributed by atoms with van der Waals surface area (Å²) in [4.78, 5) is 5.10. The van der Waals surface area contributed by atoms with Gasteiger partial charge in [0.1, 0.15) is 18.2 Å². The van der Waals surface area contributed by atoms with Crippen LogP contribution in [-0.4, -0.2) is 5.84 Å². The number of hydrogen-bond acceptors (Lipinski definition) is 4. The minimum Gasteiger partial charge on any atom is -0.350 e. The van der Waals surface area contributed by atoms with E-state index in [1.54, 1.807) is 0 Å². The lowest BCUT2D eigenvalue weighted by molar-refractivity contribution is 0.409. The summed E-state index contributed by atoms with van der Waals surface area (Å²) in [6.45, 7) is 0. The van der Waals surface area contributed by atoms with Gasteiger partial charge in [0.25, 0.3) is 0 Å². The number of rotatable bonds is 5. The Kier molecular flexibility index (Phi) is 6.77. The normalized spacial score (nSPS) is 16.3. The molecule has 1 heterocycles. The van der Waals surface area contributed by atoms with Crippen molar-refractivity contribution in [3.8, 4) is 28.3 Å². The van der Waals surface area contributed by atoms with Crippen molar-refractivity contribution < 1.29 is 0 Å². The van der Waals surface area contributed by atoms with Gasteiger partial charge in [-0.05, 0) is 56.3 Å². The number of benzene rings is 6. The number of amidine groups is 1. The van der Waals surface area contributed by atoms with Gasteiger partial charge in [-0.1, -0.05) is 133 Å². The molecule has 0 aliphatic carbocycles. The quantitative estimate of drug-likeness (QED) is 0.231. The Hall–Kier alpha value is -5.50. The molecule has 6 aromatic carbocycles. The fourth-order valence-corrected chi connectivity index (χ4v) is 5.67. The molecule has 0 radical (unpaired) electrons. The van der Waals surface area contributed by atoms with Crippen LogP contribution in [0.5, 0.6) is 0 Å². The molecule has 1 aliphatic heterocycles. The molecule has 2 atom stereocenters. The molecule has 6 aromatic rings. The van der Waals surface area contributed by atoms with E-state index in [1.165, 1.54) is 16.3 Å². The second-order valence-corrected chi connectivity index (χ2v) is 10.4. The highest BCUT2D eigenvalue weighted by Gasteiger charge is 2.25. The topological polar surface area (TPSA) is 60.2 Å². The highest BCUT2D eigenvalue weighted by molar-refractivity contribution is 6.04. The molecule has 7 rings (SSSR count). The number of nitrogens with zero attached hydrogens (tertiary/aromatic N) is 2. The van der Waals surface area contributed by atoms with Gasteiger partial charge in [0.05, 0.1) is 11.6 Å². The lowest BCUT2D eigenvalue weighted by Crippen LogP contribution is -2.44. The van der Waals surface area contributed by atoms with E-state index in [0.29, 0.717) is 5.56 Å². The van der Waals surface area contributed by atoms with Crippen LogP contribution in [0.1, 0.15) is 34.6 Å². The highest BCUT2D eigenvalue weighted by Crippen LogP contribution is 2.39. The van der Waals surface area contributed by atoms with Crippen LogP contribution in [0.4, 0.5) is 0 Å². The Balaban J connectivity index is 1.30. The van der Waals surface area contributed by atoms with Crippen molar-refractivity contribution in [3.05, 3.63) is 168 Å². The Morgan fingerprint density at radius 1 is 0.571 bits per heavy atom. The highest BCUT2D eigenvalue weighted by atomic mass is 15.3. The predicted octanol–water partition coefficient (Wildman–Crippen LogP) is 8.38.